The maximum absolute atomic E-state index is 11.6. The van der Waals surface area contributed by atoms with E-state index in [0.29, 0.717) is 0 Å². The van der Waals surface area contributed by atoms with E-state index in [2.05, 4.69) is 72.0 Å². The van der Waals surface area contributed by atoms with Gasteiger partial charge in [0.1, 0.15) is 0 Å². The molecule has 1 aromatic carbocycles. The molecule has 0 saturated heterocycles. The van der Waals surface area contributed by atoms with Crippen molar-refractivity contribution in [2.24, 2.45) is 28.6 Å². The molecule has 29 heavy (non-hydrogen) atoms. The minimum absolute atomic E-state index is 0.0115. The summed E-state index contributed by atoms with van der Waals surface area (Å²) < 4.78 is 0. The van der Waals surface area contributed by atoms with Crippen LogP contribution in [0.1, 0.15) is 90.7 Å². The van der Waals surface area contributed by atoms with Gasteiger partial charge in [-0.2, -0.15) is 0 Å². The van der Waals surface area contributed by atoms with Crippen LogP contribution in [0.2, 0.25) is 0 Å². The van der Waals surface area contributed by atoms with Gasteiger partial charge in [-0.05, 0) is 79.9 Å². The summed E-state index contributed by atoms with van der Waals surface area (Å²) >= 11 is 0. The van der Waals surface area contributed by atoms with E-state index in [9.17, 15) is 5.11 Å². The smallest absolute Gasteiger partial charge is 0.0799 e. The Morgan fingerprint density at radius 3 is 2.41 bits per heavy atom. The van der Waals surface area contributed by atoms with E-state index < -0.39 is 0 Å². The fourth-order valence-corrected chi connectivity index (χ4v) is 6.72. The van der Waals surface area contributed by atoms with Crippen molar-refractivity contribution in [3.05, 3.63) is 29.3 Å². The number of hydrogen-bond acceptors (Lipinski definition) is 2. The number of nitrogens with one attached hydrogen (secondary N) is 1. The Balaban J connectivity index is 1.72. The summed E-state index contributed by atoms with van der Waals surface area (Å²) in [7, 11) is 0. The van der Waals surface area contributed by atoms with Crippen molar-refractivity contribution in [3.63, 3.8) is 0 Å². The number of anilines is 1. The molecule has 0 amide bonds. The largest absolute Gasteiger partial charge is 0.390 e. The lowest BCUT2D eigenvalue weighted by Gasteiger charge is -2.55. The van der Waals surface area contributed by atoms with E-state index >= 15 is 0 Å². The zero-order valence-electron chi connectivity index (χ0n) is 20.0. The molecule has 2 aliphatic carbocycles. The average molecular weight is 400 g/mol. The first kappa shape index (κ1) is 22.7. The van der Waals surface area contributed by atoms with Crippen molar-refractivity contribution in [3.8, 4) is 0 Å². The normalized spacial score (nSPS) is 35.6. The first-order valence-corrected chi connectivity index (χ1v) is 12.1. The molecule has 0 aromatic heterocycles. The molecule has 2 heteroatoms. The van der Waals surface area contributed by atoms with Crippen LogP contribution in [0, 0.1) is 42.4 Å². The van der Waals surface area contributed by atoms with Crippen molar-refractivity contribution in [1.82, 2.24) is 0 Å². The maximum atomic E-state index is 11.6. The summed E-state index contributed by atoms with van der Waals surface area (Å²) in [5.74, 6) is 2.31. The molecule has 1 unspecified atom stereocenters. The van der Waals surface area contributed by atoms with Crippen molar-refractivity contribution >= 4 is 5.69 Å². The van der Waals surface area contributed by atoms with Gasteiger partial charge in [0.15, 0.2) is 0 Å². The summed E-state index contributed by atoms with van der Waals surface area (Å²) in [6, 6.07) is 6.61. The van der Waals surface area contributed by atoms with E-state index in [1.165, 1.54) is 48.9 Å². The quantitative estimate of drug-likeness (QED) is 0.511. The van der Waals surface area contributed by atoms with E-state index in [0.717, 1.165) is 30.6 Å². The van der Waals surface area contributed by atoms with Crippen LogP contribution in [0.5, 0.6) is 0 Å². The van der Waals surface area contributed by atoms with E-state index in [4.69, 9.17) is 0 Å². The van der Waals surface area contributed by atoms with Crippen LogP contribution in [0.3, 0.4) is 0 Å². The summed E-state index contributed by atoms with van der Waals surface area (Å²) in [5, 5.41) is 15.3. The lowest BCUT2D eigenvalue weighted by atomic mass is 9.53. The summed E-state index contributed by atoms with van der Waals surface area (Å²) in [6.07, 6.45) is 8.48. The van der Waals surface area contributed by atoms with E-state index in [-0.39, 0.29) is 23.0 Å². The Morgan fingerprint density at radius 2 is 1.72 bits per heavy atom. The van der Waals surface area contributed by atoms with Crippen molar-refractivity contribution < 1.29 is 5.11 Å². The molecule has 2 aliphatic rings. The zero-order chi connectivity index (χ0) is 21.4. The van der Waals surface area contributed by atoms with Gasteiger partial charge in [0, 0.05) is 11.1 Å². The highest BCUT2D eigenvalue weighted by atomic mass is 16.3. The third-order valence-electron chi connectivity index (χ3n) is 9.18. The fourth-order valence-electron chi connectivity index (χ4n) is 6.72. The highest BCUT2D eigenvalue weighted by Crippen LogP contribution is 2.65. The topological polar surface area (TPSA) is 32.3 Å². The Labute approximate surface area is 179 Å². The van der Waals surface area contributed by atoms with E-state index in [1.54, 1.807) is 0 Å². The van der Waals surface area contributed by atoms with Crippen LogP contribution < -0.4 is 5.32 Å². The molecule has 0 spiro atoms. The lowest BCUT2D eigenvalue weighted by molar-refractivity contribution is -0.103. The minimum atomic E-state index is -0.283. The maximum Gasteiger partial charge on any atom is 0.0799 e. The predicted octanol–water partition coefficient (Wildman–Crippen LogP) is 7.12. The minimum Gasteiger partial charge on any atom is -0.390 e. The van der Waals surface area contributed by atoms with Crippen LogP contribution in [-0.2, 0) is 0 Å². The number of rotatable bonds is 7. The number of fused-ring (bicyclic) bond motifs is 1. The standard InChI is InChI=1S/C27H45NO/c1-18(2)10-8-12-20(4)22-14-16-27(7)25(29)24(15-17-26(22,27)6)28-23-13-9-11-19(3)21(23)5/h9,11,13,18,20,22,24-25,28-29H,8,10,12,14-17H2,1-7H3/t20-,22-,24+,25?,26-,27+/m1/s1. The second-order valence-electron chi connectivity index (χ2n) is 11.3. The second kappa shape index (κ2) is 8.61. The second-order valence-corrected chi connectivity index (χ2v) is 11.3. The van der Waals surface area contributed by atoms with Gasteiger partial charge in [-0.25, -0.2) is 0 Å². The van der Waals surface area contributed by atoms with Gasteiger partial charge in [0.05, 0.1) is 12.1 Å². The molecular formula is C27H45NO. The first-order valence-electron chi connectivity index (χ1n) is 12.1. The van der Waals surface area contributed by atoms with Crippen LogP contribution >= 0.6 is 0 Å². The predicted molar refractivity (Wildman–Crippen MR) is 125 cm³/mol. The van der Waals surface area contributed by atoms with E-state index in [1.807, 2.05) is 0 Å². The van der Waals surface area contributed by atoms with Gasteiger partial charge < -0.3 is 10.4 Å². The van der Waals surface area contributed by atoms with Crippen LogP contribution in [0.4, 0.5) is 5.69 Å². The van der Waals surface area contributed by atoms with Crippen LogP contribution in [0.15, 0.2) is 18.2 Å². The molecule has 2 N–H and O–H groups in total. The third kappa shape index (κ3) is 4.11. The van der Waals surface area contributed by atoms with Gasteiger partial charge in [-0.3, -0.25) is 0 Å². The zero-order valence-corrected chi connectivity index (χ0v) is 20.0. The molecule has 164 valence electrons. The van der Waals surface area contributed by atoms with Crippen molar-refractivity contribution in [2.45, 2.75) is 106 Å². The van der Waals surface area contributed by atoms with Gasteiger partial charge >= 0.3 is 0 Å². The summed E-state index contributed by atoms with van der Waals surface area (Å²) in [4.78, 5) is 0. The molecule has 2 nitrogen and oxygen atoms in total. The highest BCUT2D eigenvalue weighted by Gasteiger charge is 2.61. The Hall–Kier alpha value is -1.02. The summed E-state index contributed by atoms with van der Waals surface area (Å²) in [5.41, 5.74) is 4.08. The number of benzene rings is 1. The SMILES string of the molecule is Cc1cccc(N[C@H]2CC[C@]3(C)[C@@H]([C@H](C)CCCC(C)C)CC[C@@]3(C)C2O)c1C. The Kier molecular flexibility index (Phi) is 6.73. The van der Waals surface area contributed by atoms with Crippen molar-refractivity contribution in [2.75, 3.05) is 5.32 Å². The Bertz CT molecular complexity index is 698. The molecule has 0 aliphatic heterocycles. The van der Waals surface area contributed by atoms with Gasteiger partial charge in [0.2, 0.25) is 0 Å². The number of hydrogen-bond donors (Lipinski definition) is 2. The molecule has 6 atom stereocenters. The Morgan fingerprint density at radius 1 is 1.03 bits per heavy atom. The highest BCUT2D eigenvalue weighted by molar-refractivity contribution is 5.54. The lowest BCUT2D eigenvalue weighted by Crippen LogP contribution is -2.57. The first-order chi connectivity index (χ1) is 13.6. The van der Waals surface area contributed by atoms with Crippen molar-refractivity contribution in [1.29, 1.82) is 0 Å². The average Bonchev–Trinajstić information content (AvgIpc) is 2.94. The molecule has 1 aromatic rings. The van der Waals surface area contributed by atoms with Gasteiger partial charge in [-0.1, -0.05) is 66.0 Å². The van der Waals surface area contributed by atoms with Crippen LogP contribution in [0.25, 0.3) is 0 Å². The monoisotopic (exact) mass is 399 g/mol. The molecule has 0 heterocycles. The molecule has 3 rings (SSSR count). The number of aliphatic hydroxyl groups excluding tert-OH is 1. The number of aryl methyl sites for hydroxylation is 1. The van der Waals surface area contributed by atoms with Gasteiger partial charge in [0.25, 0.3) is 0 Å². The molecular weight excluding hydrogens is 354 g/mol. The third-order valence-corrected chi connectivity index (χ3v) is 9.18. The molecule has 2 fully saturated rings. The summed E-state index contributed by atoms with van der Waals surface area (Å²) in [6.45, 7) is 16.4. The number of aliphatic hydroxyl groups is 1. The fraction of sp³-hybridized carbons (Fsp3) is 0.778. The van der Waals surface area contributed by atoms with Gasteiger partial charge in [-0.15, -0.1) is 0 Å². The molecule has 0 radical (unpaired) electrons. The molecule has 2 saturated carbocycles. The molecule has 0 bridgehead atoms. The van der Waals surface area contributed by atoms with Crippen LogP contribution in [-0.4, -0.2) is 17.3 Å².